The van der Waals surface area contributed by atoms with E-state index >= 15 is 0 Å². The number of aryl methyl sites for hydroxylation is 1. The molecule has 0 aliphatic carbocycles. The number of carbonyl (C=O) groups excluding carboxylic acids is 1. The Hall–Kier alpha value is -2.96. The second-order valence-corrected chi connectivity index (χ2v) is 6.95. The van der Waals surface area contributed by atoms with Crippen molar-refractivity contribution in [1.29, 1.82) is 0 Å². The van der Waals surface area contributed by atoms with Crippen LogP contribution in [0.5, 0.6) is 0 Å². The van der Waals surface area contributed by atoms with Gasteiger partial charge in [0, 0.05) is 12.1 Å². The Morgan fingerprint density at radius 2 is 2.00 bits per heavy atom. The van der Waals surface area contributed by atoms with Gasteiger partial charge < -0.3 is 9.88 Å². The minimum absolute atomic E-state index is 0.0418. The van der Waals surface area contributed by atoms with Crippen LogP contribution in [0.25, 0.3) is 11.4 Å². The molecule has 0 fully saturated rings. The van der Waals surface area contributed by atoms with Crippen LogP contribution in [0.2, 0.25) is 0 Å². The molecule has 1 aliphatic heterocycles. The summed E-state index contributed by atoms with van der Waals surface area (Å²) >= 11 is 0. The third-order valence-corrected chi connectivity index (χ3v) is 4.71. The summed E-state index contributed by atoms with van der Waals surface area (Å²) in [7, 11) is 0. The van der Waals surface area contributed by atoms with Gasteiger partial charge in [0.15, 0.2) is 11.6 Å². The topological polar surface area (TPSA) is 79.7 Å². The summed E-state index contributed by atoms with van der Waals surface area (Å²) in [5.74, 6) is 2.46. The van der Waals surface area contributed by atoms with Crippen molar-refractivity contribution < 1.29 is 4.79 Å². The molecule has 3 aromatic rings. The molecule has 0 radical (unpaired) electrons. The molecule has 0 unspecified atom stereocenters. The normalized spacial score (nSPS) is 16.8. The highest BCUT2D eigenvalue weighted by atomic mass is 16.2. The Morgan fingerprint density at radius 3 is 2.65 bits per heavy atom. The van der Waals surface area contributed by atoms with Gasteiger partial charge in [-0.15, -0.1) is 0 Å². The number of amides is 1. The Labute approximate surface area is 152 Å². The molecule has 26 heavy (non-hydrogen) atoms. The quantitative estimate of drug-likeness (QED) is 0.788. The largest absolute Gasteiger partial charge is 0.338 e. The number of hydrogen-bond donors (Lipinski definition) is 1. The van der Waals surface area contributed by atoms with Crippen LogP contribution in [-0.2, 0) is 6.54 Å². The Balaban J connectivity index is 1.71. The van der Waals surface area contributed by atoms with Gasteiger partial charge in [-0.2, -0.15) is 5.10 Å². The second-order valence-electron chi connectivity index (χ2n) is 6.95. The highest BCUT2D eigenvalue weighted by molar-refractivity contribution is 5.92. The summed E-state index contributed by atoms with van der Waals surface area (Å²) < 4.78 is 1.94. The standard InChI is InChI=1S/C19H22N6O/c1-12(2)16-18-22-17(14-7-5-4-6-8-14)23-25(18)10-9-24(16)19(26)15-11-20-13(3)21-15/h4-8,11-12,16H,9-10H2,1-3H3,(H,20,21)/t16-/m0/s1. The lowest BCUT2D eigenvalue weighted by molar-refractivity contribution is 0.0531. The monoisotopic (exact) mass is 350 g/mol. The van der Waals surface area contributed by atoms with Gasteiger partial charge in [0.25, 0.3) is 5.91 Å². The first kappa shape index (κ1) is 16.5. The molecule has 134 valence electrons. The molecule has 0 saturated carbocycles. The van der Waals surface area contributed by atoms with E-state index in [2.05, 4.69) is 28.9 Å². The van der Waals surface area contributed by atoms with E-state index in [1.54, 1.807) is 6.20 Å². The maximum Gasteiger partial charge on any atom is 0.272 e. The lowest BCUT2D eigenvalue weighted by Gasteiger charge is -2.37. The van der Waals surface area contributed by atoms with Crippen LogP contribution in [0.1, 0.15) is 42.0 Å². The fourth-order valence-electron chi connectivity index (χ4n) is 3.50. The number of hydrogen-bond acceptors (Lipinski definition) is 4. The number of H-pyrrole nitrogens is 1. The van der Waals surface area contributed by atoms with Gasteiger partial charge in [-0.3, -0.25) is 4.79 Å². The van der Waals surface area contributed by atoms with Gasteiger partial charge in [-0.25, -0.2) is 14.6 Å². The molecule has 7 nitrogen and oxygen atoms in total. The van der Waals surface area contributed by atoms with E-state index in [0.717, 1.165) is 17.2 Å². The number of fused-ring (bicyclic) bond motifs is 1. The van der Waals surface area contributed by atoms with Crippen LogP contribution < -0.4 is 0 Å². The van der Waals surface area contributed by atoms with Crippen molar-refractivity contribution in [3.63, 3.8) is 0 Å². The fraction of sp³-hybridized carbons (Fsp3) is 0.368. The van der Waals surface area contributed by atoms with Crippen LogP contribution in [0.4, 0.5) is 0 Å². The molecule has 0 bridgehead atoms. The van der Waals surface area contributed by atoms with Crippen LogP contribution in [0.3, 0.4) is 0 Å². The summed E-state index contributed by atoms with van der Waals surface area (Å²) in [5.41, 5.74) is 1.50. The SMILES string of the molecule is Cc1ncc(C(=O)N2CCn3nc(-c4ccccc4)nc3[C@@H]2C(C)C)[nH]1. The summed E-state index contributed by atoms with van der Waals surface area (Å²) in [5, 5.41) is 4.67. The van der Waals surface area contributed by atoms with Gasteiger partial charge >= 0.3 is 0 Å². The molecule has 0 saturated heterocycles. The molecular formula is C19H22N6O. The highest BCUT2D eigenvalue weighted by Gasteiger charge is 2.36. The zero-order valence-corrected chi connectivity index (χ0v) is 15.2. The number of imidazole rings is 1. The van der Waals surface area contributed by atoms with Gasteiger partial charge in [-0.05, 0) is 12.8 Å². The van der Waals surface area contributed by atoms with Crippen molar-refractivity contribution in [2.24, 2.45) is 5.92 Å². The first-order chi connectivity index (χ1) is 12.5. The van der Waals surface area contributed by atoms with Crippen molar-refractivity contribution in [3.05, 3.63) is 53.9 Å². The molecule has 3 heterocycles. The van der Waals surface area contributed by atoms with Crippen molar-refractivity contribution in [2.45, 2.75) is 33.4 Å². The van der Waals surface area contributed by atoms with Gasteiger partial charge in [0.05, 0.1) is 18.8 Å². The second kappa shape index (κ2) is 6.40. The minimum Gasteiger partial charge on any atom is -0.338 e. The van der Waals surface area contributed by atoms with Crippen LogP contribution in [0, 0.1) is 12.8 Å². The van der Waals surface area contributed by atoms with E-state index in [1.165, 1.54) is 0 Å². The van der Waals surface area contributed by atoms with E-state index in [9.17, 15) is 4.79 Å². The number of nitrogens with zero attached hydrogens (tertiary/aromatic N) is 5. The first-order valence-corrected chi connectivity index (χ1v) is 8.87. The molecular weight excluding hydrogens is 328 g/mol. The fourth-order valence-corrected chi connectivity index (χ4v) is 3.50. The number of rotatable bonds is 3. The third-order valence-electron chi connectivity index (χ3n) is 4.71. The summed E-state index contributed by atoms with van der Waals surface area (Å²) in [6.07, 6.45) is 1.60. The lowest BCUT2D eigenvalue weighted by Crippen LogP contribution is -2.44. The maximum absolute atomic E-state index is 13.0. The first-order valence-electron chi connectivity index (χ1n) is 8.87. The number of benzene rings is 1. The third kappa shape index (κ3) is 2.79. The molecule has 1 N–H and O–H groups in total. The molecule has 1 atom stereocenters. The average molecular weight is 350 g/mol. The van der Waals surface area contributed by atoms with E-state index in [1.807, 2.05) is 46.8 Å². The van der Waals surface area contributed by atoms with Crippen molar-refractivity contribution in [3.8, 4) is 11.4 Å². The molecule has 1 amide bonds. The van der Waals surface area contributed by atoms with E-state index in [-0.39, 0.29) is 17.9 Å². The smallest absolute Gasteiger partial charge is 0.272 e. The zero-order chi connectivity index (χ0) is 18.3. The van der Waals surface area contributed by atoms with Crippen molar-refractivity contribution >= 4 is 5.91 Å². The maximum atomic E-state index is 13.0. The summed E-state index contributed by atoms with van der Waals surface area (Å²) in [4.78, 5) is 26.9. The Kier molecular flexibility index (Phi) is 4.06. The van der Waals surface area contributed by atoms with E-state index < -0.39 is 0 Å². The van der Waals surface area contributed by atoms with Crippen molar-refractivity contribution in [2.75, 3.05) is 6.54 Å². The molecule has 0 spiro atoms. The summed E-state index contributed by atoms with van der Waals surface area (Å²) in [6.45, 7) is 7.29. The van der Waals surface area contributed by atoms with Gasteiger partial charge in [0.1, 0.15) is 11.5 Å². The number of aromatic amines is 1. The van der Waals surface area contributed by atoms with Crippen molar-refractivity contribution in [1.82, 2.24) is 29.6 Å². The van der Waals surface area contributed by atoms with E-state index in [4.69, 9.17) is 4.98 Å². The number of nitrogens with one attached hydrogen (secondary N) is 1. The van der Waals surface area contributed by atoms with Gasteiger partial charge in [0.2, 0.25) is 0 Å². The summed E-state index contributed by atoms with van der Waals surface area (Å²) in [6, 6.07) is 9.81. The lowest BCUT2D eigenvalue weighted by atomic mass is 9.99. The molecule has 4 rings (SSSR count). The highest BCUT2D eigenvalue weighted by Crippen LogP contribution is 2.33. The molecule has 1 aliphatic rings. The van der Waals surface area contributed by atoms with E-state index in [0.29, 0.717) is 24.6 Å². The predicted molar refractivity (Wildman–Crippen MR) is 97.4 cm³/mol. The number of aromatic nitrogens is 5. The molecule has 1 aromatic carbocycles. The van der Waals surface area contributed by atoms with Gasteiger partial charge in [-0.1, -0.05) is 44.2 Å². The number of carbonyl (C=O) groups is 1. The zero-order valence-electron chi connectivity index (χ0n) is 15.2. The Bertz CT molecular complexity index is 927. The average Bonchev–Trinajstić information content (AvgIpc) is 3.27. The minimum atomic E-state index is -0.121. The van der Waals surface area contributed by atoms with Crippen LogP contribution in [0.15, 0.2) is 36.5 Å². The molecule has 2 aromatic heterocycles. The predicted octanol–water partition coefficient (Wildman–Crippen LogP) is 2.83. The van der Waals surface area contributed by atoms with Crippen LogP contribution in [-0.4, -0.2) is 42.1 Å². The molecule has 7 heteroatoms. The van der Waals surface area contributed by atoms with Crippen LogP contribution >= 0.6 is 0 Å². The Morgan fingerprint density at radius 1 is 1.23 bits per heavy atom.